The monoisotopic (exact) mass is 192 g/mol. The van der Waals surface area contributed by atoms with Crippen molar-refractivity contribution in [3.8, 4) is 0 Å². The number of benzene rings is 1. The zero-order chi connectivity index (χ0) is 10.6. The lowest BCUT2D eigenvalue weighted by Gasteiger charge is -2.10. The Morgan fingerprint density at radius 1 is 1.14 bits per heavy atom. The highest BCUT2D eigenvalue weighted by Gasteiger charge is 2.03. The van der Waals surface area contributed by atoms with Crippen molar-refractivity contribution >= 4 is 0 Å². The maximum atomic E-state index is 5.82. The standard InChI is InChI=1S/C12H20N2/c1-9(2)7-10-3-5-11(6-4-10)12(14)8-13/h3-6,9,12H,7-8,13-14H2,1-2H3/t12-/m1/s1. The van der Waals surface area contributed by atoms with Crippen molar-refractivity contribution in [1.29, 1.82) is 0 Å². The van der Waals surface area contributed by atoms with Crippen LogP contribution in [-0.4, -0.2) is 6.54 Å². The summed E-state index contributed by atoms with van der Waals surface area (Å²) in [7, 11) is 0. The smallest absolute Gasteiger partial charge is 0.0419 e. The van der Waals surface area contributed by atoms with Gasteiger partial charge in [-0.3, -0.25) is 0 Å². The minimum atomic E-state index is -0.0249. The Balaban J connectivity index is 2.68. The van der Waals surface area contributed by atoms with Gasteiger partial charge in [0.25, 0.3) is 0 Å². The molecule has 14 heavy (non-hydrogen) atoms. The average Bonchev–Trinajstić information content (AvgIpc) is 2.17. The van der Waals surface area contributed by atoms with Crippen molar-refractivity contribution in [1.82, 2.24) is 0 Å². The molecule has 1 rings (SSSR count). The second-order valence-electron chi connectivity index (χ2n) is 4.18. The topological polar surface area (TPSA) is 52.0 Å². The van der Waals surface area contributed by atoms with Crippen molar-refractivity contribution in [2.24, 2.45) is 17.4 Å². The minimum absolute atomic E-state index is 0.0249. The van der Waals surface area contributed by atoms with Crippen LogP contribution in [0.4, 0.5) is 0 Å². The molecule has 0 amide bonds. The predicted molar refractivity (Wildman–Crippen MR) is 61.0 cm³/mol. The van der Waals surface area contributed by atoms with Crippen LogP contribution in [0.1, 0.15) is 31.0 Å². The van der Waals surface area contributed by atoms with Crippen LogP contribution in [0, 0.1) is 5.92 Å². The van der Waals surface area contributed by atoms with E-state index >= 15 is 0 Å². The number of nitrogens with two attached hydrogens (primary N) is 2. The molecule has 0 aliphatic heterocycles. The van der Waals surface area contributed by atoms with Crippen molar-refractivity contribution in [3.05, 3.63) is 35.4 Å². The van der Waals surface area contributed by atoms with Gasteiger partial charge in [-0.2, -0.15) is 0 Å². The third-order valence-corrected chi connectivity index (χ3v) is 2.31. The lowest BCUT2D eigenvalue weighted by atomic mass is 10.00. The molecule has 4 N–H and O–H groups in total. The van der Waals surface area contributed by atoms with E-state index in [1.165, 1.54) is 5.56 Å². The van der Waals surface area contributed by atoms with Gasteiger partial charge < -0.3 is 11.5 Å². The lowest BCUT2D eigenvalue weighted by molar-refractivity contribution is 0.646. The molecule has 0 aromatic heterocycles. The van der Waals surface area contributed by atoms with E-state index in [1.54, 1.807) is 0 Å². The van der Waals surface area contributed by atoms with Crippen LogP contribution in [0.5, 0.6) is 0 Å². The molecule has 0 unspecified atom stereocenters. The fourth-order valence-corrected chi connectivity index (χ4v) is 1.51. The van der Waals surface area contributed by atoms with Crippen LogP contribution in [0.25, 0.3) is 0 Å². The first-order chi connectivity index (χ1) is 6.63. The van der Waals surface area contributed by atoms with Gasteiger partial charge in [0.05, 0.1) is 0 Å². The van der Waals surface area contributed by atoms with E-state index in [2.05, 4.69) is 38.1 Å². The normalized spacial score (nSPS) is 13.2. The molecule has 0 radical (unpaired) electrons. The molecule has 2 heteroatoms. The Hall–Kier alpha value is -0.860. The summed E-state index contributed by atoms with van der Waals surface area (Å²) in [5.74, 6) is 0.698. The van der Waals surface area contributed by atoms with Gasteiger partial charge in [-0.1, -0.05) is 38.1 Å². The second-order valence-corrected chi connectivity index (χ2v) is 4.18. The van der Waals surface area contributed by atoms with Crippen LogP contribution < -0.4 is 11.5 Å². The van der Waals surface area contributed by atoms with E-state index in [4.69, 9.17) is 11.5 Å². The molecule has 0 spiro atoms. The summed E-state index contributed by atoms with van der Waals surface area (Å²) < 4.78 is 0. The Labute approximate surface area is 86.3 Å². The highest BCUT2D eigenvalue weighted by atomic mass is 14.7. The summed E-state index contributed by atoms with van der Waals surface area (Å²) >= 11 is 0. The SMILES string of the molecule is CC(C)Cc1ccc([C@H](N)CN)cc1. The summed E-state index contributed by atoms with van der Waals surface area (Å²) in [5, 5.41) is 0. The molecule has 0 aliphatic rings. The van der Waals surface area contributed by atoms with Crippen LogP contribution in [-0.2, 0) is 6.42 Å². The molecular weight excluding hydrogens is 172 g/mol. The van der Waals surface area contributed by atoms with Crippen molar-refractivity contribution < 1.29 is 0 Å². The van der Waals surface area contributed by atoms with E-state index in [0.717, 1.165) is 12.0 Å². The Morgan fingerprint density at radius 3 is 2.14 bits per heavy atom. The van der Waals surface area contributed by atoms with Gasteiger partial charge in [0.15, 0.2) is 0 Å². The number of hydrogen-bond donors (Lipinski definition) is 2. The van der Waals surface area contributed by atoms with Crippen LogP contribution in [0.3, 0.4) is 0 Å². The Morgan fingerprint density at radius 2 is 1.71 bits per heavy atom. The summed E-state index contributed by atoms with van der Waals surface area (Å²) in [5.41, 5.74) is 13.8. The minimum Gasteiger partial charge on any atom is -0.329 e. The van der Waals surface area contributed by atoms with Gasteiger partial charge in [-0.15, -0.1) is 0 Å². The fourth-order valence-electron chi connectivity index (χ4n) is 1.51. The molecule has 0 saturated heterocycles. The molecule has 78 valence electrons. The van der Waals surface area contributed by atoms with Gasteiger partial charge in [-0.25, -0.2) is 0 Å². The summed E-state index contributed by atoms with van der Waals surface area (Å²) in [6.07, 6.45) is 1.12. The molecule has 1 aromatic carbocycles. The maximum absolute atomic E-state index is 5.82. The largest absolute Gasteiger partial charge is 0.329 e. The Kier molecular flexibility index (Phi) is 4.11. The van der Waals surface area contributed by atoms with Crippen LogP contribution >= 0.6 is 0 Å². The van der Waals surface area contributed by atoms with Crippen molar-refractivity contribution in [2.75, 3.05) is 6.54 Å². The van der Waals surface area contributed by atoms with Gasteiger partial charge in [0.2, 0.25) is 0 Å². The number of hydrogen-bond acceptors (Lipinski definition) is 2. The molecule has 0 bridgehead atoms. The first-order valence-electron chi connectivity index (χ1n) is 5.18. The molecule has 1 atom stereocenters. The summed E-state index contributed by atoms with van der Waals surface area (Å²) in [4.78, 5) is 0. The molecular formula is C12H20N2. The summed E-state index contributed by atoms with van der Waals surface area (Å²) in [6, 6.07) is 8.42. The van der Waals surface area contributed by atoms with Gasteiger partial charge in [0, 0.05) is 12.6 Å². The molecule has 2 nitrogen and oxygen atoms in total. The van der Waals surface area contributed by atoms with E-state index in [9.17, 15) is 0 Å². The predicted octanol–water partition coefficient (Wildman–Crippen LogP) is 1.84. The quantitative estimate of drug-likeness (QED) is 0.765. The Bertz CT molecular complexity index is 264. The molecule has 0 aliphatic carbocycles. The summed E-state index contributed by atoms with van der Waals surface area (Å²) in [6.45, 7) is 4.95. The number of rotatable bonds is 4. The van der Waals surface area contributed by atoms with Gasteiger partial charge in [-0.05, 0) is 23.5 Å². The maximum Gasteiger partial charge on any atom is 0.0419 e. The first-order valence-corrected chi connectivity index (χ1v) is 5.18. The second kappa shape index (κ2) is 5.13. The molecule has 0 fully saturated rings. The van der Waals surface area contributed by atoms with Crippen molar-refractivity contribution in [3.63, 3.8) is 0 Å². The van der Waals surface area contributed by atoms with Crippen LogP contribution in [0.15, 0.2) is 24.3 Å². The molecule has 0 saturated carbocycles. The zero-order valence-corrected chi connectivity index (χ0v) is 9.03. The average molecular weight is 192 g/mol. The van der Waals surface area contributed by atoms with E-state index in [-0.39, 0.29) is 6.04 Å². The third-order valence-electron chi connectivity index (χ3n) is 2.31. The molecule has 1 aromatic rings. The van der Waals surface area contributed by atoms with Crippen molar-refractivity contribution in [2.45, 2.75) is 26.3 Å². The fraction of sp³-hybridized carbons (Fsp3) is 0.500. The van der Waals surface area contributed by atoms with E-state index < -0.39 is 0 Å². The van der Waals surface area contributed by atoms with Crippen LogP contribution in [0.2, 0.25) is 0 Å². The lowest BCUT2D eigenvalue weighted by Crippen LogP contribution is -2.20. The van der Waals surface area contributed by atoms with E-state index in [0.29, 0.717) is 12.5 Å². The molecule has 0 heterocycles. The third kappa shape index (κ3) is 3.13. The zero-order valence-electron chi connectivity index (χ0n) is 9.03. The highest BCUT2D eigenvalue weighted by molar-refractivity contribution is 5.25. The van der Waals surface area contributed by atoms with E-state index in [1.807, 2.05) is 0 Å². The van der Waals surface area contributed by atoms with Gasteiger partial charge >= 0.3 is 0 Å². The highest BCUT2D eigenvalue weighted by Crippen LogP contribution is 2.13. The van der Waals surface area contributed by atoms with Gasteiger partial charge in [0.1, 0.15) is 0 Å². The first kappa shape index (κ1) is 11.2.